The fourth-order valence-electron chi connectivity index (χ4n) is 3.54. The summed E-state index contributed by atoms with van der Waals surface area (Å²) in [6.45, 7) is 2.71. The molecule has 0 bridgehead atoms. The van der Waals surface area contributed by atoms with Crippen LogP contribution in [-0.2, 0) is 0 Å². The highest BCUT2D eigenvalue weighted by molar-refractivity contribution is 9.10. The number of nitrogens with one attached hydrogen (secondary N) is 1. The van der Waals surface area contributed by atoms with E-state index < -0.39 is 0 Å². The number of phenols is 1. The minimum atomic E-state index is -0.223. The van der Waals surface area contributed by atoms with E-state index in [9.17, 15) is 9.90 Å². The van der Waals surface area contributed by atoms with Gasteiger partial charge in [0.2, 0.25) is 0 Å². The standard InChI is InChI=1S/C20H18BrN3O2/c1-2-11-24-19(12-7-9-13(21)10-8-12)16-17(22-23-18(16)20(24)26)14-5-3-4-6-15(14)25/h3-10,19,25H,2,11H2,1H3,(H,22,23). The molecule has 1 aliphatic heterocycles. The Labute approximate surface area is 159 Å². The number of carbonyl (C=O) groups is 1. The number of halogens is 1. The number of aromatic hydroxyl groups is 1. The fraction of sp³-hybridized carbons (Fsp3) is 0.200. The smallest absolute Gasteiger partial charge is 0.273 e. The summed E-state index contributed by atoms with van der Waals surface area (Å²) in [6.07, 6.45) is 0.863. The number of para-hydroxylation sites is 1. The molecular formula is C20H18BrN3O2. The number of amides is 1. The summed E-state index contributed by atoms with van der Waals surface area (Å²) < 4.78 is 0.987. The number of rotatable bonds is 4. The van der Waals surface area contributed by atoms with Crippen LogP contribution in [0, 0.1) is 0 Å². The van der Waals surface area contributed by atoms with Crippen LogP contribution < -0.4 is 0 Å². The second-order valence-electron chi connectivity index (χ2n) is 6.33. The molecule has 0 spiro atoms. The van der Waals surface area contributed by atoms with Crippen molar-refractivity contribution in [3.63, 3.8) is 0 Å². The van der Waals surface area contributed by atoms with E-state index in [1.807, 2.05) is 41.3 Å². The molecule has 3 aromatic rings. The van der Waals surface area contributed by atoms with Crippen molar-refractivity contribution in [1.29, 1.82) is 0 Å². The van der Waals surface area contributed by atoms with Crippen molar-refractivity contribution in [2.75, 3.05) is 6.54 Å². The molecule has 0 saturated carbocycles. The Bertz CT molecular complexity index is 965. The largest absolute Gasteiger partial charge is 0.507 e. The van der Waals surface area contributed by atoms with Crippen LogP contribution in [0.2, 0.25) is 0 Å². The number of carbonyl (C=O) groups excluding carboxylic acids is 1. The van der Waals surface area contributed by atoms with E-state index in [0.29, 0.717) is 23.5 Å². The van der Waals surface area contributed by atoms with Gasteiger partial charge >= 0.3 is 0 Å². The van der Waals surface area contributed by atoms with Crippen molar-refractivity contribution in [3.05, 3.63) is 69.8 Å². The van der Waals surface area contributed by atoms with Crippen LogP contribution in [0.1, 0.15) is 41.0 Å². The van der Waals surface area contributed by atoms with Crippen LogP contribution in [0.25, 0.3) is 11.3 Å². The maximum Gasteiger partial charge on any atom is 0.273 e. The van der Waals surface area contributed by atoms with Gasteiger partial charge < -0.3 is 10.0 Å². The number of aromatic nitrogens is 2. The Kier molecular flexibility index (Phi) is 4.28. The highest BCUT2D eigenvalue weighted by atomic mass is 79.9. The van der Waals surface area contributed by atoms with Crippen LogP contribution in [0.3, 0.4) is 0 Å². The zero-order valence-corrected chi connectivity index (χ0v) is 15.8. The van der Waals surface area contributed by atoms with Gasteiger partial charge in [0.15, 0.2) is 0 Å². The van der Waals surface area contributed by atoms with E-state index in [1.54, 1.807) is 12.1 Å². The summed E-state index contributed by atoms with van der Waals surface area (Å²) in [5.74, 6) is 0.0988. The number of fused-ring (bicyclic) bond motifs is 1. The molecule has 1 unspecified atom stereocenters. The van der Waals surface area contributed by atoms with Crippen molar-refractivity contribution in [3.8, 4) is 17.0 Å². The summed E-state index contributed by atoms with van der Waals surface area (Å²) in [4.78, 5) is 14.8. The maximum absolute atomic E-state index is 12.9. The maximum atomic E-state index is 12.9. The zero-order chi connectivity index (χ0) is 18.3. The van der Waals surface area contributed by atoms with Gasteiger partial charge in [0.1, 0.15) is 17.1 Å². The van der Waals surface area contributed by atoms with E-state index in [2.05, 4.69) is 33.1 Å². The van der Waals surface area contributed by atoms with Gasteiger partial charge in [0.05, 0.1) is 6.04 Å². The van der Waals surface area contributed by atoms with Gasteiger partial charge in [-0.25, -0.2) is 0 Å². The van der Waals surface area contributed by atoms with Crippen LogP contribution in [0.5, 0.6) is 5.75 Å². The Balaban J connectivity index is 1.91. The quantitative estimate of drug-likeness (QED) is 0.663. The summed E-state index contributed by atoms with van der Waals surface area (Å²) in [6, 6.07) is 14.8. The molecule has 26 heavy (non-hydrogen) atoms. The molecular weight excluding hydrogens is 394 g/mol. The lowest BCUT2D eigenvalue weighted by Crippen LogP contribution is -2.30. The number of hydrogen-bond donors (Lipinski definition) is 2. The lowest BCUT2D eigenvalue weighted by Gasteiger charge is -2.26. The topological polar surface area (TPSA) is 69.2 Å². The van der Waals surface area contributed by atoms with Gasteiger partial charge in [-0.3, -0.25) is 9.89 Å². The molecule has 0 radical (unpaired) electrons. The summed E-state index contributed by atoms with van der Waals surface area (Å²) in [7, 11) is 0. The van der Waals surface area contributed by atoms with Crippen LogP contribution in [-0.4, -0.2) is 32.7 Å². The van der Waals surface area contributed by atoms with Crippen LogP contribution >= 0.6 is 15.9 Å². The molecule has 2 N–H and O–H groups in total. The second-order valence-corrected chi connectivity index (χ2v) is 7.25. The third-order valence-electron chi connectivity index (χ3n) is 4.67. The lowest BCUT2D eigenvalue weighted by molar-refractivity contribution is 0.0744. The summed E-state index contributed by atoms with van der Waals surface area (Å²) >= 11 is 3.46. The molecule has 1 aromatic heterocycles. The molecule has 1 atom stereocenters. The first-order valence-corrected chi connectivity index (χ1v) is 9.34. The monoisotopic (exact) mass is 411 g/mol. The van der Waals surface area contributed by atoms with Crippen molar-refractivity contribution >= 4 is 21.8 Å². The fourth-order valence-corrected chi connectivity index (χ4v) is 3.80. The predicted octanol–water partition coefficient (Wildman–Crippen LogP) is 4.50. The number of hydrogen-bond acceptors (Lipinski definition) is 3. The first-order chi connectivity index (χ1) is 12.6. The van der Waals surface area contributed by atoms with Crippen molar-refractivity contribution in [2.24, 2.45) is 0 Å². The minimum Gasteiger partial charge on any atom is -0.507 e. The van der Waals surface area contributed by atoms with Gasteiger partial charge in [-0.15, -0.1) is 0 Å². The van der Waals surface area contributed by atoms with E-state index in [1.165, 1.54) is 0 Å². The van der Waals surface area contributed by atoms with Gasteiger partial charge in [-0.2, -0.15) is 5.10 Å². The second kappa shape index (κ2) is 6.61. The molecule has 6 heteroatoms. The van der Waals surface area contributed by atoms with Crippen molar-refractivity contribution < 1.29 is 9.90 Å². The Hall–Kier alpha value is -2.60. The first-order valence-electron chi connectivity index (χ1n) is 8.55. The molecule has 0 aliphatic carbocycles. The van der Waals surface area contributed by atoms with E-state index in [0.717, 1.165) is 22.0 Å². The highest BCUT2D eigenvalue weighted by Crippen LogP contribution is 2.44. The predicted molar refractivity (Wildman–Crippen MR) is 103 cm³/mol. The van der Waals surface area contributed by atoms with E-state index >= 15 is 0 Å². The molecule has 1 amide bonds. The van der Waals surface area contributed by atoms with Crippen molar-refractivity contribution in [1.82, 2.24) is 15.1 Å². The Morgan fingerprint density at radius 1 is 1.19 bits per heavy atom. The molecule has 132 valence electrons. The third-order valence-corrected chi connectivity index (χ3v) is 5.20. The normalized spacial score (nSPS) is 16.2. The number of H-pyrrole nitrogens is 1. The SMILES string of the molecule is CCCN1C(=O)c2[nH]nc(-c3ccccc3O)c2C1c1ccc(Br)cc1. The number of nitrogens with zero attached hydrogens (tertiary/aromatic N) is 2. The molecule has 1 aliphatic rings. The number of aromatic amines is 1. The van der Waals surface area contributed by atoms with Gasteiger partial charge in [0.25, 0.3) is 5.91 Å². The Morgan fingerprint density at radius 3 is 2.62 bits per heavy atom. The summed E-state index contributed by atoms with van der Waals surface area (Å²) in [5, 5.41) is 17.5. The van der Waals surface area contributed by atoms with Gasteiger partial charge in [-0.05, 0) is 36.2 Å². The minimum absolute atomic E-state index is 0.0519. The van der Waals surface area contributed by atoms with Gasteiger partial charge in [-0.1, -0.05) is 47.1 Å². The number of phenolic OH excluding ortho intramolecular Hbond substituents is 1. The van der Waals surface area contributed by atoms with Crippen LogP contribution in [0.15, 0.2) is 53.0 Å². The first kappa shape index (κ1) is 16.8. The van der Waals surface area contributed by atoms with E-state index in [-0.39, 0.29) is 17.7 Å². The zero-order valence-electron chi connectivity index (χ0n) is 14.2. The van der Waals surface area contributed by atoms with Crippen molar-refractivity contribution in [2.45, 2.75) is 19.4 Å². The molecule has 0 saturated heterocycles. The molecule has 2 aromatic carbocycles. The van der Waals surface area contributed by atoms with Gasteiger partial charge in [0, 0.05) is 22.1 Å². The number of benzene rings is 2. The molecule has 4 rings (SSSR count). The summed E-state index contributed by atoms with van der Waals surface area (Å²) in [5.41, 5.74) is 3.60. The molecule has 2 heterocycles. The average molecular weight is 412 g/mol. The highest BCUT2D eigenvalue weighted by Gasteiger charge is 2.41. The average Bonchev–Trinajstić information content (AvgIpc) is 3.17. The lowest BCUT2D eigenvalue weighted by atomic mass is 9.96. The molecule has 0 fully saturated rings. The van der Waals surface area contributed by atoms with Crippen LogP contribution in [0.4, 0.5) is 0 Å². The third kappa shape index (κ3) is 2.61. The van der Waals surface area contributed by atoms with E-state index in [4.69, 9.17) is 0 Å². The Morgan fingerprint density at radius 2 is 1.92 bits per heavy atom. The molecule has 5 nitrogen and oxygen atoms in total.